The normalized spacial score (nSPS) is 10.4. The highest BCUT2D eigenvalue weighted by Crippen LogP contribution is 2.13. The molecule has 4 nitrogen and oxygen atoms in total. The first-order chi connectivity index (χ1) is 13.7. The third-order valence-electron chi connectivity index (χ3n) is 4.39. The fraction of sp³-hybridized carbons (Fsp3) is 0.217. The van der Waals surface area contributed by atoms with Crippen molar-refractivity contribution in [3.8, 4) is 0 Å². The Morgan fingerprint density at radius 2 is 1.39 bits per heavy atom. The Morgan fingerprint density at radius 3 is 1.93 bits per heavy atom. The summed E-state index contributed by atoms with van der Waals surface area (Å²) in [7, 11) is 0. The van der Waals surface area contributed by atoms with Gasteiger partial charge in [0.25, 0.3) is 0 Å². The van der Waals surface area contributed by atoms with E-state index in [1.54, 1.807) is 11.3 Å². The monoisotopic (exact) mass is 392 g/mol. The van der Waals surface area contributed by atoms with E-state index in [4.69, 9.17) is 0 Å². The number of carbonyl (C=O) groups is 2. The molecule has 0 atom stereocenters. The van der Waals surface area contributed by atoms with Crippen LogP contribution in [-0.4, -0.2) is 16.7 Å². The summed E-state index contributed by atoms with van der Waals surface area (Å²) in [6.07, 6.45) is 0.403. The molecular formula is C23H24N2O2S. The van der Waals surface area contributed by atoms with Crippen molar-refractivity contribution in [2.75, 3.05) is 0 Å². The molecule has 0 saturated carbocycles. The first-order valence-electron chi connectivity index (χ1n) is 9.35. The Kier molecular flexibility index (Phi) is 7.38. The first kappa shape index (κ1) is 19.8. The van der Waals surface area contributed by atoms with Crippen LogP contribution in [0.3, 0.4) is 0 Å². The Bertz CT molecular complexity index is 823. The third-order valence-corrected chi connectivity index (χ3v) is 5.27. The van der Waals surface area contributed by atoms with Gasteiger partial charge >= 0.3 is 0 Å². The summed E-state index contributed by atoms with van der Waals surface area (Å²) >= 11 is 1.61. The molecule has 0 bridgehead atoms. The minimum absolute atomic E-state index is 0.0148. The highest BCUT2D eigenvalue weighted by atomic mass is 32.1. The van der Waals surface area contributed by atoms with Gasteiger partial charge in [0.15, 0.2) is 0 Å². The lowest BCUT2D eigenvalue weighted by Crippen LogP contribution is -2.31. The molecule has 1 N–H and O–H groups in total. The average Bonchev–Trinajstić information content (AvgIpc) is 3.25. The molecule has 1 heterocycles. The van der Waals surface area contributed by atoms with Crippen LogP contribution < -0.4 is 5.32 Å². The largest absolute Gasteiger partial charge is 0.351 e. The summed E-state index contributed by atoms with van der Waals surface area (Å²) < 4.78 is 0. The van der Waals surface area contributed by atoms with Gasteiger partial charge in [-0.05, 0) is 22.6 Å². The first-order valence-corrected chi connectivity index (χ1v) is 10.2. The van der Waals surface area contributed by atoms with Crippen molar-refractivity contribution in [1.29, 1.82) is 0 Å². The van der Waals surface area contributed by atoms with Crippen molar-refractivity contribution in [3.63, 3.8) is 0 Å². The predicted octanol–water partition coefficient (Wildman–Crippen LogP) is 4.37. The SMILES string of the molecule is O=C(CCC(=O)N(Cc1ccccc1)Cc1ccccc1)NCc1cccs1. The number of hydrogen-bond donors (Lipinski definition) is 1. The van der Waals surface area contributed by atoms with Crippen LogP contribution in [0.1, 0.15) is 28.8 Å². The second kappa shape index (κ2) is 10.4. The van der Waals surface area contributed by atoms with Gasteiger partial charge in [-0.25, -0.2) is 0 Å². The second-order valence-electron chi connectivity index (χ2n) is 6.58. The van der Waals surface area contributed by atoms with Gasteiger partial charge in [-0.15, -0.1) is 11.3 Å². The molecule has 5 heteroatoms. The number of carbonyl (C=O) groups excluding carboxylic acids is 2. The van der Waals surface area contributed by atoms with Gasteiger partial charge in [-0.1, -0.05) is 66.7 Å². The molecule has 0 radical (unpaired) electrons. The van der Waals surface area contributed by atoms with Crippen molar-refractivity contribution in [2.45, 2.75) is 32.5 Å². The number of hydrogen-bond acceptors (Lipinski definition) is 3. The molecule has 0 spiro atoms. The summed E-state index contributed by atoms with van der Waals surface area (Å²) in [4.78, 5) is 27.9. The van der Waals surface area contributed by atoms with Crippen molar-refractivity contribution in [2.24, 2.45) is 0 Å². The minimum Gasteiger partial charge on any atom is -0.351 e. The van der Waals surface area contributed by atoms with E-state index in [0.717, 1.165) is 16.0 Å². The van der Waals surface area contributed by atoms with Crippen LogP contribution in [-0.2, 0) is 29.2 Å². The van der Waals surface area contributed by atoms with Crippen molar-refractivity contribution < 1.29 is 9.59 Å². The maximum absolute atomic E-state index is 12.8. The molecule has 0 fully saturated rings. The Hall–Kier alpha value is -2.92. The van der Waals surface area contributed by atoms with E-state index in [0.29, 0.717) is 19.6 Å². The Balaban J connectivity index is 1.56. The number of nitrogens with zero attached hydrogens (tertiary/aromatic N) is 1. The van der Waals surface area contributed by atoms with Crippen molar-refractivity contribution in [1.82, 2.24) is 10.2 Å². The zero-order valence-electron chi connectivity index (χ0n) is 15.7. The van der Waals surface area contributed by atoms with Gasteiger partial charge in [0.1, 0.15) is 0 Å². The predicted molar refractivity (Wildman–Crippen MR) is 113 cm³/mol. The van der Waals surface area contributed by atoms with Crippen molar-refractivity contribution in [3.05, 3.63) is 94.2 Å². The molecule has 0 unspecified atom stereocenters. The van der Waals surface area contributed by atoms with Gasteiger partial charge in [-0.2, -0.15) is 0 Å². The van der Waals surface area contributed by atoms with Gasteiger partial charge in [0.2, 0.25) is 11.8 Å². The van der Waals surface area contributed by atoms with Crippen LogP contribution in [0.4, 0.5) is 0 Å². The van der Waals surface area contributed by atoms with Crippen LogP contribution in [0.25, 0.3) is 0 Å². The third kappa shape index (κ3) is 6.35. The van der Waals surface area contributed by atoms with Crippen LogP contribution in [0, 0.1) is 0 Å². The number of nitrogens with one attached hydrogen (secondary N) is 1. The molecule has 2 aromatic carbocycles. The van der Waals surface area contributed by atoms with Crippen LogP contribution in [0.5, 0.6) is 0 Å². The maximum atomic E-state index is 12.8. The Labute approximate surface area is 169 Å². The fourth-order valence-electron chi connectivity index (χ4n) is 2.91. The van der Waals surface area contributed by atoms with E-state index >= 15 is 0 Å². The molecule has 3 aromatic rings. The van der Waals surface area contributed by atoms with E-state index in [2.05, 4.69) is 5.32 Å². The highest BCUT2D eigenvalue weighted by Gasteiger charge is 2.16. The van der Waals surface area contributed by atoms with E-state index in [-0.39, 0.29) is 24.7 Å². The van der Waals surface area contributed by atoms with E-state index in [1.165, 1.54) is 0 Å². The number of thiophene rings is 1. The minimum atomic E-state index is -0.0962. The standard InChI is InChI=1S/C23H24N2O2S/c26-22(24-16-21-12-7-15-28-21)13-14-23(27)25(17-19-8-3-1-4-9-19)18-20-10-5-2-6-11-20/h1-12,15H,13-14,16-18H2,(H,24,26). The average molecular weight is 393 g/mol. The van der Waals surface area contributed by atoms with Gasteiger partial charge in [0, 0.05) is 30.8 Å². The molecule has 0 saturated heterocycles. The Morgan fingerprint density at radius 1 is 0.786 bits per heavy atom. The van der Waals surface area contributed by atoms with Crippen LogP contribution >= 0.6 is 11.3 Å². The summed E-state index contributed by atoms with van der Waals surface area (Å²) in [5.74, 6) is -0.111. The summed E-state index contributed by atoms with van der Waals surface area (Å²) in [6.45, 7) is 1.58. The zero-order valence-corrected chi connectivity index (χ0v) is 16.5. The summed E-state index contributed by atoms with van der Waals surface area (Å²) in [5, 5.41) is 4.86. The molecule has 1 aromatic heterocycles. The molecule has 0 aliphatic rings. The van der Waals surface area contributed by atoms with Gasteiger partial charge < -0.3 is 10.2 Å². The molecule has 0 aliphatic carbocycles. The summed E-state index contributed by atoms with van der Waals surface area (Å²) in [6, 6.07) is 23.8. The fourth-order valence-corrected chi connectivity index (χ4v) is 3.55. The zero-order chi connectivity index (χ0) is 19.6. The summed E-state index contributed by atoms with van der Waals surface area (Å²) in [5.41, 5.74) is 2.16. The lowest BCUT2D eigenvalue weighted by atomic mass is 10.1. The number of benzene rings is 2. The number of rotatable bonds is 9. The molecule has 28 heavy (non-hydrogen) atoms. The van der Waals surface area contributed by atoms with Crippen molar-refractivity contribution >= 4 is 23.2 Å². The van der Waals surface area contributed by atoms with Gasteiger partial charge in [0.05, 0.1) is 6.54 Å². The van der Waals surface area contributed by atoms with Crippen LogP contribution in [0.15, 0.2) is 78.2 Å². The number of amides is 2. The molecule has 2 amide bonds. The van der Waals surface area contributed by atoms with E-state index < -0.39 is 0 Å². The second-order valence-corrected chi connectivity index (χ2v) is 7.61. The van der Waals surface area contributed by atoms with Gasteiger partial charge in [-0.3, -0.25) is 9.59 Å². The molecule has 3 rings (SSSR count). The molecule has 144 valence electrons. The smallest absolute Gasteiger partial charge is 0.223 e. The topological polar surface area (TPSA) is 49.4 Å². The maximum Gasteiger partial charge on any atom is 0.223 e. The lowest BCUT2D eigenvalue weighted by molar-refractivity contribution is -0.134. The van der Waals surface area contributed by atoms with Crippen LogP contribution in [0.2, 0.25) is 0 Å². The molecule has 0 aliphatic heterocycles. The highest BCUT2D eigenvalue weighted by molar-refractivity contribution is 7.09. The molecular weight excluding hydrogens is 368 g/mol. The lowest BCUT2D eigenvalue weighted by Gasteiger charge is -2.23. The van der Waals surface area contributed by atoms with E-state index in [1.807, 2.05) is 83.1 Å². The van der Waals surface area contributed by atoms with E-state index in [9.17, 15) is 9.59 Å². The quantitative estimate of drug-likeness (QED) is 0.588.